The van der Waals surface area contributed by atoms with E-state index < -0.39 is 22.1 Å². The van der Waals surface area contributed by atoms with Crippen molar-refractivity contribution < 1.29 is 22.8 Å². The summed E-state index contributed by atoms with van der Waals surface area (Å²) >= 11 is 0. The van der Waals surface area contributed by atoms with Gasteiger partial charge in [0.2, 0.25) is 5.91 Å². The van der Waals surface area contributed by atoms with Crippen LogP contribution in [0, 0.1) is 5.92 Å². The second kappa shape index (κ2) is 11.1. The molecule has 2 aliphatic rings. The fourth-order valence-electron chi connectivity index (χ4n) is 5.25. The van der Waals surface area contributed by atoms with Crippen LogP contribution >= 0.6 is 0 Å². The Morgan fingerprint density at radius 3 is 2.62 bits per heavy atom. The Hall–Kier alpha value is -3.90. The molecular weight excluding hydrogens is 520 g/mol. The Balaban J connectivity index is 1.12. The number of aromatic nitrogens is 3. The van der Waals surface area contributed by atoms with Crippen LogP contribution in [0.3, 0.4) is 0 Å². The number of benzene rings is 1. The van der Waals surface area contributed by atoms with Crippen LogP contribution in [0.2, 0.25) is 0 Å². The molecule has 2 aliphatic heterocycles. The Bertz CT molecular complexity index is 1440. The Kier molecular flexibility index (Phi) is 7.58. The van der Waals surface area contributed by atoms with Gasteiger partial charge in [0.25, 0.3) is 15.9 Å². The summed E-state index contributed by atoms with van der Waals surface area (Å²) in [6, 6.07) is 10.4. The number of nitrogens with zero attached hydrogens (tertiary/aromatic N) is 4. The van der Waals surface area contributed by atoms with Gasteiger partial charge in [-0.05, 0) is 43.0 Å². The average Bonchev–Trinajstić information content (AvgIpc) is 3.68. The highest BCUT2D eigenvalue weighted by atomic mass is 32.2. The quantitative estimate of drug-likeness (QED) is 0.414. The summed E-state index contributed by atoms with van der Waals surface area (Å²) in [7, 11) is -3.94. The number of likely N-dealkylation sites (tertiary alicyclic amines) is 1. The monoisotopic (exact) mass is 550 g/mol. The molecule has 2 amide bonds. The third kappa shape index (κ3) is 5.48. The van der Waals surface area contributed by atoms with E-state index in [1.54, 1.807) is 36.7 Å². The number of rotatable bonds is 9. The number of H-pyrrole nitrogens is 1. The van der Waals surface area contributed by atoms with Crippen molar-refractivity contribution in [1.82, 2.24) is 29.5 Å². The van der Waals surface area contributed by atoms with Crippen LogP contribution < -0.4 is 5.32 Å². The van der Waals surface area contributed by atoms with E-state index in [1.165, 1.54) is 21.5 Å². The lowest BCUT2D eigenvalue weighted by Crippen LogP contribution is -2.44. The molecule has 0 saturated carbocycles. The highest BCUT2D eigenvalue weighted by Crippen LogP contribution is 2.34. The zero-order valence-electron chi connectivity index (χ0n) is 21.5. The van der Waals surface area contributed by atoms with E-state index in [2.05, 4.69) is 20.3 Å². The molecule has 3 unspecified atom stereocenters. The van der Waals surface area contributed by atoms with Crippen molar-refractivity contribution in [2.75, 3.05) is 19.6 Å². The molecule has 5 rings (SSSR count). The van der Waals surface area contributed by atoms with Gasteiger partial charge in [0, 0.05) is 49.2 Å². The second-order valence-electron chi connectivity index (χ2n) is 9.94. The predicted molar refractivity (Wildman–Crippen MR) is 142 cm³/mol. The molecular formula is C27H30N6O5S. The number of Topliss-reactive ketones (excluding diaryl/α,β-unsaturated/α-hetero) is 1. The van der Waals surface area contributed by atoms with Gasteiger partial charge in [0.1, 0.15) is 11.9 Å². The van der Waals surface area contributed by atoms with Crippen LogP contribution in [0.4, 0.5) is 0 Å². The molecule has 2 N–H and O–H groups in total. The first-order valence-electron chi connectivity index (χ1n) is 12.9. The number of amides is 2. The van der Waals surface area contributed by atoms with Crippen LogP contribution in [0.25, 0.3) is 11.4 Å². The summed E-state index contributed by atoms with van der Waals surface area (Å²) in [6.07, 6.45) is 5.98. The first-order valence-corrected chi connectivity index (χ1v) is 14.3. The second-order valence-corrected chi connectivity index (χ2v) is 11.8. The molecule has 4 heterocycles. The lowest BCUT2D eigenvalue weighted by atomic mass is 10.0. The zero-order valence-corrected chi connectivity index (χ0v) is 22.3. The summed E-state index contributed by atoms with van der Waals surface area (Å²) in [6.45, 7) is 2.38. The molecule has 1 aromatic carbocycles. The number of fused-ring (bicyclic) bond motifs is 1. The van der Waals surface area contributed by atoms with Gasteiger partial charge in [-0.1, -0.05) is 25.1 Å². The van der Waals surface area contributed by atoms with Crippen molar-refractivity contribution in [3.05, 3.63) is 66.6 Å². The first kappa shape index (κ1) is 26.7. The fourth-order valence-corrected chi connectivity index (χ4v) is 6.81. The van der Waals surface area contributed by atoms with Crippen molar-refractivity contribution in [2.45, 2.75) is 43.3 Å². The molecule has 0 radical (unpaired) electrons. The molecule has 2 saturated heterocycles. The van der Waals surface area contributed by atoms with Crippen LogP contribution in [0.15, 0.2) is 66.1 Å². The maximum absolute atomic E-state index is 13.1. The molecule has 2 aromatic heterocycles. The van der Waals surface area contributed by atoms with Gasteiger partial charge in [-0.2, -0.15) is 4.31 Å². The van der Waals surface area contributed by atoms with Crippen molar-refractivity contribution >= 4 is 27.6 Å². The summed E-state index contributed by atoms with van der Waals surface area (Å²) in [5.41, 5.74) is 1.41. The van der Waals surface area contributed by atoms with Crippen LogP contribution in [0.5, 0.6) is 0 Å². The van der Waals surface area contributed by atoms with Crippen molar-refractivity contribution in [2.24, 2.45) is 5.92 Å². The van der Waals surface area contributed by atoms with Gasteiger partial charge in [0.05, 0.1) is 12.6 Å². The van der Waals surface area contributed by atoms with Gasteiger partial charge >= 0.3 is 0 Å². The van der Waals surface area contributed by atoms with E-state index in [0.717, 1.165) is 11.4 Å². The SMILES string of the molecule is CC(CCNC(=O)c1ccc(-c2ncc[nH]2)cc1)CC(=O)N1CCC2C1C(=O)CN2S(=O)(=O)c1ccccn1. The number of sulfonamides is 1. The third-order valence-electron chi connectivity index (χ3n) is 7.27. The molecule has 11 nitrogen and oxygen atoms in total. The van der Waals surface area contributed by atoms with E-state index in [9.17, 15) is 22.8 Å². The van der Waals surface area contributed by atoms with E-state index in [4.69, 9.17) is 0 Å². The number of nitrogens with one attached hydrogen (secondary N) is 2. The lowest BCUT2D eigenvalue weighted by molar-refractivity contribution is -0.137. The van der Waals surface area contributed by atoms with E-state index in [1.807, 2.05) is 19.1 Å². The normalized spacial score (nSPS) is 20.1. The van der Waals surface area contributed by atoms with Gasteiger partial charge in [-0.25, -0.2) is 18.4 Å². The lowest BCUT2D eigenvalue weighted by Gasteiger charge is -2.25. The molecule has 3 aromatic rings. The predicted octanol–water partition coefficient (Wildman–Crippen LogP) is 1.86. The number of hydrogen-bond donors (Lipinski definition) is 2. The highest BCUT2D eigenvalue weighted by molar-refractivity contribution is 7.89. The van der Waals surface area contributed by atoms with Crippen molar-refractivity contribution in [1.29, 1.82) is 0 Å². The first-order chi connectivity index (χ1) is 18.8. The van der Waals surface area contributed by atoms with Crippen LogP contribution in [-0.4, -0.2) is 81.9 Å². The number of hydrogen-bond acceptors (Lipinski definition) is 7. The fraction of sp³-hybridized carbons (Fsp3) is 0.370. The number of carbonyl (C=O) groups is 3. The number of carbonyl (C=O) groups excluding carboxylic acids is 3. The molecule has 0 aliphatic carbocycles. The van der Waals surface area contributed by atoms with E-state index in [-0.39, 0.29) is 41.5 Å². The zero-order chi connectivity index (χ0) is 27.6. The minimum atomic E-state index is -3.94. The minimum absolute atomic E-state index is 0.0389. The summed E-state index contributed by atoms with van der Waals surface area (Å²) in [5, 5.41) is 2.78. The van der Waals surface area contributed by atoms with Gasteiger partial charge in [0.15, 0.2) is 10.8 Å². The Morgan fingerprint density at radius 2 is 1.92 bits per heavy atom. The molecule has 3 atom stereocenters. The molecule has 204 valence electrons. The summed E-state index contributed by atoms with van der Waals surface area (Å²) in [4.78, 5) is 51.2. The van der Waals surface area contributed by atoms with Gasteiger partial charge in [-0.15, -0.1) is 0 Å². The molecule has 12 heteroatoms. The van der Waals surface area contributed by atoms with E-state index in [0.29, 0.717) is 31.5 Å². The van der Waals surface area contributed by atoms with Gasteiger partial charge in [-0.3, -0.25) is 14.4 Å². The number of aromatic amines is 1. The Morgan fingerprint density at radius 1 is 1.13 bits per heavy atom. The highest BCUT2D eigenvalue weighted by Gasteiger charge is 2.53. The number of pyridine rings is 1. The maximum Gasteiger partial charge on any atom is 0.261 e. The van der Waals surface area contributed by atoms with Crippen molar-refractivity contribution in [3.8, 4) is 11.4 Å². The van der Waals surface area contributed by atoms with Crippen LogP contribution in [-0.2, 0) is 19.6 Å². The van der Waals surface area contributed by atoms with Crippen molar-refractivity contribution in [3.63, 3.8) is 0 Å². The summed E-state index contributed by atoms with van der Waals surface area (Å²) in [5.74, 6) is 0.0333. The summed E-state index contributed by atoms with van der Waals surface area (Å²) < 4.78 is 27.4. The molecule has 0 bridgehead atoms. The maximum atomic E-state index is 13.1. The number of imidazole rings is 1. The number of ketones is 1. The third-order valence-corrected chi connectivity index (χ3v) is 9.06. The minimum Gasteiger partial charge on any atom is -0.352 e. The smallest absolute Gasteiger partial charge is 0.261 e. The Labute approximate surface area is 226 Å². The topological polar surface area (TPSA) is 145 Å². The van der Waals surface area contributed by atoms with E-state index >= 15 is 0 Å². The largest absolute Gasteiger partial charge is 0.352 e. The molecule has 0 spiro atoms. The van der Waals surface area contributed by atoms with Gasteiger partial charge < -0.3 is 15.2 Å². The average molecular weight is 551 g/mol. The molecule has 2 fully saturated rings. The standard InChI is InChI=1S/C27H30N6O5S/c1-18(9-12-31-27(36)20-7-5-19(6-8-20)26-29-13-14-30-26)16-24(35)32-15-10-21-25(32)22(34)17-33(21)39(37,38)23-4-2-3-11-28-23/h2-8,11,13-14,18,21,25H,9-10,12,15-17H2,1H3,(H,29,30)(H,31,36). The molecule has 39 heavy (non-hydrogen) atoms. The van der Waals surface area contributed by atoms with Crippen LogP contribution in [0.1, 0.15) is 36.5 Å².